The molecule has 2 heterocycles. The maximum atomic E-state index is 13.0. The van der Waals surface area contributed by atoms with Crippen molar-refractivity contribution in [1.29, 1.82) is 0 Å². The van der Waals surface area contributed by atoms with Crippen molar-refractivity contribution >= 4 is 17.7 Å². The number of ether oxygens (including phenoxy) is 2. The van der Waals surface area contributed by atoms with E-state index >= 15 is 0 Å². The third-order valence-corrected chi connectivity index (χ3v) is 6.40. The lowest BCUT2D eigenvalue weighted by Gasteiger charge is -2.35. The van der Waals surface area contributed by atoms with Gasteiger partial charge in [0, 0.05) is 18.7 Å². The molecule has 2 aliphatic heterocycles. The van der Waals surface area contributed by atoms with Gasteiger partial charge in [-0.15, -0.1) is 0 Å². The monoisotopic (exact) mass is 479 g/mol. The van der Waals surface area contributed by atoms with Crippen LogP contribution in [0.5, 0.6) is 5.75 Å². The number of carbonyl (C=O) groups is 2. The highest BCUT2D eigenvalue weighted by molar-refractivity contribution is 5.95. The minimum absolute atomic E-state index is 0.143. The average Bonchev–Trinajstić information content (AvgIpc) is 2.84. The van der Waals surface area contributed by atoms with Crippen molar-refractivity contribution in [2.45, 2.75) is 58.1 Å². The fourth-order valence-corrected chi connectivity index (χ4v) is 4.64. The Morgan fingerprint density at radius 1 is 0.971 bits per heavy atom. The van der Waals surface area contributed by atoms with E-state index in [0.717, 1.165) is 36.6 Å². The normalized spacial score (nSPS) is 18.5. The number of hydrogen-bond acceptors (Lipinski definition) is 5. The second-order valence-electron chi connectivity index (χ2n) is 10.3. The van der Waals surface area contributed by atoms with Crippen LogP contribution < -0.4 is 15.0 Å². The quantitative estimate of drug-likeness (QED) is 0.619. The smallest absolute Gasteiger partial charge is 0.414 e. The van der Waals surface area contributed by atoms with Gasteiger partial charge in [0.15, 0.2) is 0 Å². The minimum atomic E-state index is -0.569. The number of para-hydroxylation sites is 1. The highest BCUT2D eigenvalue weighted by atomic mass is 16.6. The average molecular weight is 480 g/mol. The predicted molar refractivity (Wildman–Crippen MR) is 137 cm³/mol. The molecular weight excluding hydrogens is 442 g/mol. The molecule has 7 heteroatoms. The van der Waals surface area contributed by atoms with Gasteiger partial charge in [0.2, 0.25) is 0 Å². The van der Waals surface area contributed by atoms with Crippen LogP contribution in [0.15, 0.2) is 48.5 Å². The molecule has 35 heavy (non-hydrogen) atoms. The van der Waals surface area contributed by atoms with Crippen molar-refractivity contribution in [3.05, 3.63) is 59.7 Å². The molecule has 7 nitrogen and oxygen atoms in total. The zero-order valence-electron chi connectivity index (χ0n) is 21.1. The third-order valence-electron chi connectivity index (χ3n) is 6.40. The molecule has 0 aromatic heterocycles. The summed E-state index contributed by atoms with van der Waals surface area (Å²) < 4.78 is 11.5. The standard InChI is InChI=1S/C28H37N3O4/c1-28(2,3)35-27(33)31-18-15-24(23-9-5-6-10-25(23)31)29-26(32)21-11-13-22(14-12-21)34-20-19-30-16-7-4-8-17-30/h5-6,9-14,24H,4,7-8,15-20H2,1-3H3,(H,29,32). The highest BCUT2D eigenvalue weighted by Gasteiger charge is 2.32. The van der Waals surface area contributed by atoms with Gasteiger partial charge in [0.25, 0.3) is 5.91 Å². The highest BCUT2D eigenvalue weighted by Crippen LogP contribution is 2.34. The summed E-state index contributed by atoms with van der Waals surface area (Å²) in [6, 6.07) is 14.8. The van der Waals surface area contributed by atoms with E-state index in [0.29, 0.717) is 25.1 Å². The Kier molecular flexibility index (Phi) is 7.96. The van der Waals surface area contributed by atoms with E-state index in [-0.39, 0.29) is 18.0 Å². The number of carbonyl (C=O) groups excluding carboxylic acids is 2. The molecule has 1 saturated heterocycles. The zero-order chi connectivity index (χ0) is 24.8. The molecule has 0 bridgehead atoms. The van der Waals surface area contributed by atoms with Gasteiger partial charge >= 0.3 is 6.09 Å². The van der Waals surface area contributed by atoms with Crippen LogP contribution in [0.3, 0.4) is 0 Å². The Bertz CT molecular complexity index is 1010. The number of hydrogen-bond donors (Lipinski definition) is 1. The number of benzene rings is 2. The molecule has 1 unspecified atom stereocenters. The van der Waals surface area contributed by atoms with E-state index in [9.17, 15) is 9.59 Å². The molecule has 0 radical (unpaired) electrons. The molecule has 188 valence electrons. The largest absolute Gasteiger partial charge is 0.492 e. The summed E-state index contributed by atoms with van der Waals surface area (Å²) in [6.45, 7) is 9.94. The second-order valence-corrected chi connectivity index (χ2v) is 10.3. The summed E-state index contributed by atoms with van der Waals surface area (Å²) >= 11 is 0. The van der Waals surface area contributed by atoms with Crippen molar-refractivity contribution in [1.82, 2.24) is 10.2 Å². The molecule has 0 saturated carbocycles. The molecule has 1 fully saturated rings. The summed E-state index contributed by atoms with van der Waals surface area (Å²) in [5.41, 5.74) is 1.70. The van der Waals surface area contributed by atoms with Crippen molar-refractivity contribution in [2.75, 3.05) is 37.7 Å². The predicted octanol–water partition coefficient (Wildman–Crippen LogP) is 5.17. The number of nitrogens with zero attached hydrogens (tertiary/aromatic N) is 2. The SMILES string of the molecule is CC(C)(C)OC(=O)N1CCC(NC(=O)c2ccc(OCCN3CCCCC3)cc2)c2ccccc21. The van der Waals surface area contributed by atoms with Gasteiger partial charge in [0.05, 0.1) is 11.7 Å². The number of likely N-dealkylation sites (tertiary alicyclic amines) is 1. The van der Waals surface area contributed by atoms with Crippen molar-refractivity contribution in [3.63, 3.8) is 0 Å². The molecular formula is C28H37N3O4. The van der Waals surface area contributed by atoms with E-state index < -0.39 is 5.60 Å². The first-order chi connectivity index (χ1) is 16.8. The van der Waals surface area contributed by atoms with Crippen molar-refractivity contribution < 1.29 is 19.1 Å². The third kappa shape index (κ3) is 6.75. The van der Waals surface area contributed by atoms with Crippen LogP contribution in [0.1, 0.15) is 68.4 Å². The zero-order valence-corrected chi connectivity index (χ0v) is 21.1. The first-order valence-corrected chi connectivity index (χ1v) is 12.7. The molecule has 4 rings (SSSR count). The van der Waals surface area contributed by atoms with Gasteiger partial charge in [-0.25, -0.2) is 4.79 Å². The number of rotatable bonds is 6. The Labute approximate surface area is 208 Å². The minimum Gasteiger partial charge on any atom is -0.492 e. The van der Waals surface area contributed by atoms with E-state index in [1.165, 1.54) is 19.3 Å². The molecule has 2 aromatic carbocycles. The van der Waals surface area contributed by atoms with Gasteiger partial charge in [-0.3, -0.25) is 14.6 Å². The number of fused-ring (bicyclic) bond motifs is 1. The van der Waals surface area contributed by atoms with E-state index in [2.05, 4.69) is 10.2 Å². The fourth-order valence-electron chi connectivity index (χ4n) is 4.64. The van der Waals surface area contributed by atoms with Crippen LogP contribution >= 0.6 is 0 Å². The van der Waals surface area contributed by atoms with Gasteiger partial charge in [0.1, 0.15) is 18.0 Å². The number of nitrogens with one attached hydrogen (secondary N) is 1. The maximum Gasteiger partial charge on any atom is 0.414 e. The molecule has 0 aliphatic carbocycles. The first-order valence-electron chi connectivity index (χ1n) is 12.7. The molecule has 2 aliphatic rings. The molecule has 1 atom stereocenters. The lowest BCUT2D eigenvalue weighted by atomic mass is 9.96. The molecule has 2 aromatic rings. The summed E-state index contributed by atoms with van der Waals surface area (Å²) in [4.78, 5) is 29.8. The number of piperidine rings is 1. The van der Waals surface area contributed by atoms with Crippen LogP contribution in [-0.4, -0.2) is 55.3 Å². The summed E-state index contributed by atoms with van der Waals surface area (Å²) in [5.74, 6) is 0.630. The molecule has 1 N–H and O–H groups in total. The lowest BCUT2D eigenvalue weighted by Crippen LogP contribution is -2.43. The van der Waals surface area contributed by atoms with E-state index in [1.807, 2.05) is 57.2 Å². The van der Waals surface area contributed by atoms with Gasteiger partial charge in [-0.1, -0.05) is 24.6 Å². The van der Waals surface area contributed by atoms with Crippen LogP contribution in [0, 0.1) is 0 Å². The Morgan fingerprint density at radius 2 is 1.69 bits per heavy atom. The lowest BCUT2D eigenvalue weighted by molar-refractivity contribution is 0.0576. The Balaban J connectivity index is 1.34. The topological polar surface area (TPSA) is 71.1 Å². The summed E-state index contributed by atoms with van der Waals surface area (Å²) in [5, 5.41) is 3.14. The maximum absolute atomic E-state index is 13.0. The Hall–Kier alpha value is -3.06. The van der Waals surface area contributed by atoms with Gasteiger partial charge in [-0.2, -0.15) is 0 Å². The summed E-state index contributed by atoms with van der Waals surface area (Å²) in [7, 11) is 0. The first kappa shape index (κ1) is 25.0. The number of amides is 2. The van der Waals surface area contributed by atoms with E-state index in [1.54, 1.807) is 17.0 Å². The van der Waals surface area contributed by atoms with Crippen LogP contribution in [0.4, 0.5) is 10.5 Å². The van der Waals surface area contributed by atoms with Gasteiger partial charge in [-0.05, 0) is 89.0 Å². The van der Waals surface area contributed by atoms with Crippen LogP contribution in [0.25, 0.3) is 0 Å². The summed E-state index contributed by atoms with van der Waals surface area (Å²) in [6.07, 6.45) is 4.11. The molecule has 2 amide bonds. The Morgan fingerprint density at radius 3 is 2.40 bits per heavy atom. The van der Waals surface area contributed by atoms with Crippen molar-refractivity contribution in [2.24, 2.45) is 0 Å². The van der Waals surface area contributed by atoms with Crippen LogP contribution in [-0.2, 0) is 4.74 Å². The van der Waals surface area contributed by atoms with Crippen LogP contribution in [0.2, 0.25) is 0 Å². The van der Waals surface area contributed by atoms with Gasteiger partial charge < -0.3 is 14.8 Å². The number of anilines is 1. The molecule has 0 spiro atoms. The van der Waals surface area contributed by atoms with Crippen molar-refractivity contribution in [3.8, 4) is 5.75 Å². The second kappa shape index (κ2) is 11.1. The van der Waals surface area contributed by atoms with E-state index in [4.69, 9.17) is 9.47 Å². The fraction of sp³-hybridized carbons (Fsp3) is 0.500.